The summed E-state index contributed by atoms with van der Waals surface area (Å²) in [6, 6.07) is 3.30. The molecule has 0 saturated carbocycles. The van der Waals surface area contributed by atoms with E-state index >= 15 is 0 Å². The van der Waals surface area contributed by atoms with Gasteiger partial charge in [-0.05, 0) is 31.5 Å². The highest BCUT2D eigenvalue weighted by Crippen LogP contribution is 2.25. The molecule has 0 aliphatic heterocycles. The minimum Gasteiger partial charge on any atom is -0.472 e. The summed E-state index contributed by atoms with van der Waals surface area (Å²) < 4.78 is 53.5. The summed E-state index contributed by atoms with van der Waals surface area (Å²) >= 11 is 0. The number of carbonyl (C=O) groups excluding carboxylic acids is 1. The summed E-state index contributed by atoms with van der Waals surface area (Å²) in [5.74, 6) is -0.113. The molecule has 1 N–H and O–H groups in total. The van der Waals surface area contributed by atoms with Crippen LogP contribution in [0.5, 0.6) is 5.75 Å². The Labute approximate surface area is 134 Å². The second kappa shape index (κ2) is 7.44. The maximum Gasteiger partial charge on any atom is 0.338 e. The zero-order chi connectivity index (χ0) is 17.7. The molecule has 0 aliphatic carbocycles. The van der Waals surface area contributed by atoms with Crippen LogP contribution in [0, 0.1) is 18.2 Å². The molecule has 0 aromatic heterocycles. The fourth-order valence-electron chi connectivity index (χ4n) is 1.48. The number of terminal acetylenes is 1. The molecule has 0 aliphatic rings. The van der Waals surface area contributed by atoms with Gasteiger partial charge in [-0.1, -0.05) is 12.8 Å². The van der Waals surface area contributed by atoms with Crippen molar-refractivity contribution in [1.82, 2.24) is 0 Å². The summed E-state index contributed by atoms with van der Waals surface area (Å²) in [4.78, 5) is 11.8. The Kier molecular flexibility index (Phi) is 6.12. The van der Waals surface area contributed by atoms with E-state index in [4.69, 9.17) is 15.7 Å². The van der Waals surface area contributed by atoms with E-state index in [9.17, 15) is 17.6 Å². The van der Waals surface area contributed by atoms with Crippen LogP contribution in [0.15, 0.2) is 18.2 Å². The topological polar surface area (TPSA) is 89.9 Å². The van der Waals surface area contributed by atoms with Crippen molar-refractivity contribution in [3.8, 4) is 18.1 Å². The second-order valence-electron chi connectivity index (χ2n) is 4.90. The van der Waals surface area contributed by atoms with Crippen LogP contribution in [0.4, 0.5) is 4.39 Å². The minimum absolute atomic E-state index is 0.0350. The van der Waals surface area contributed by atoms with Crippen LogP contribution in [-0.2, 0) is 14.9 Å². The van der Waals surface area contributed by atoms with Crippen molar-refractivity contribution in [3.63, 3.8) is 0 Å². The molecule has 8 heteroatoms. The average molecular weight is 344 g/mol. The third-order valence-corrected chi connectivity index (χ3v) is 3.74. The lowest BCUT2D eigenvalue weighted by atomic mass is 10.0. The van der Waals surface area contributed by atoms with Crippen molar-refractivity contribution in [3.05, 3.63) is 29.6 Å². The van der Waals surface area contributed by atoms with E-state index in [2.05, 4.69) is 10.7 Å². The van der Waals surface area contributed by atoms with E-state index in [1.807, 2.05) is 0 Å². The fraction of sp³-hybridized carbons (Fsp3) is 0.400. The molecule has 6 nitrogen and oxygen atoms in total. The lowest BCUT2D eigenvalue weighted by molar-refractivity contribution is 0.0526. The zero-order valence-electron chi connectivity index (χ0n) is 12.7. The van der Waals surface area contributed by atoms with Crippen molar-refractivity contribution in [2.45, 2.75) is 25.9 Å². The highest BCUT2D eigenvalue weighted by atomic mass is 32.2. The molecule has 1 aromatic rings. The van der Waals surface area contributed by atoms with E-state index in [1.54, 1.807) is 13.8 Å². The number of ether oxygens (including phenoxy) is 2. The van der Waals surface area contributed by atoms with Crippen molar-refractivity contribution < 1.29 is 31.6 Å². The monoisotopic (exact) mass is 344 g/mol. The van der Waals surface area contributed by atoms with Gasteiger partial charge in [0.15, 0.2) is 17.2 Å². The molecule has 1 unspecified atom stereocenters. The molecule has 1 aromatic carbocycles. The van der Waals surface area contributed by atoms with Gasteiger partial charge in [0, 0.05) is 0 Å². The van der Waals surface area contributed by atoms with Gasteiger partial charge in [-0.15, -0.1) is 6.42 Å². The van der Waals surface area contributed by atoms with Gasteiger partial charge in [-0.2, -0.15) is 8.42 Å². The van der Waals surface area contributed by atoms with Crippen molar-refractivity contribution >= 4 is 16.1 Å². The zero-order valence-corrected chi connectivity index (χ0v) is 13.5. The van der Waals surface area contributed by atoms with Crippen molar-refractivity contribution in [1.29, 1.82) is 0 Å². The van der Waals surface area contributed by atoms with E-state index in [-0.39, 0.29) is 11.3 Å². The molecular weight excluding hydrogens is 327 g/mol. The number of halogens is 1. The molecule has 1 atom stereocenters. The number of rotatable bonds is 7. The van der Waals surface area contributed by atoms with Gasteiger partial charge in [0.1, 0.15) is 12.4 Å². The van der Waals surface area contributed by atoms with E-state index in [1.165, 1.54) is 0 Å². The van der Waals surface area contributed by atoms with Crippen LogP contribution in [0.3, 0.4) is 0 Å². The first-order valence-electron chi connectivity index (χ1n) is 6.69. The molecule has 0 amide bonds. The maximum absolute atomic E-state index is 13.8. The first-order valence-corrected chi connectivity index (χ1v) is 8.30. The molecule has 0 heterocycles. The standard InChI is InChI=1S/C15H17FO6S/c1-4-15(3,5-2)22-13-10-11(6-7-12(13)16)14(17)21-8-9-23(18,19)20/h1,6-7,10H,5,8-9H2,2-3H3,(H,18,19,20). The molecule has 1 rings (SSSR count). The minimum atomic E-state index is -4.23. The summed E-state index contributed by atoms with van der Waals surface area (Å²) in [6.45, 7) is 2.84. The van der Waals surface area contributed by atoms with Gasteiger partial charge < -0.3 is 9.47 Å². The molecule has 0 saturated heterocycles. The predicted molar refractivity (Wildman–Crippen MR) is 81.3 cm³/mol. The van der Waals surface area contributed by atoms with Gasteiger partial charge in [-0.25, -0.2) is 9.18 Å². The fourth-order valence-corrected chi connectivity index (χ4v) is 1.77. The van der Waals surface area contributed by atoms with E-state index in [0.717, 1.165) is 18.2 Å². The van der Waals surface area contributed by atoms with Crippen LogP contribution in [0.1, 0.15) is 30.6 Å². The van der Waals surface area contributed by atoms with Gasteiger partial charge in [-0.3, -0.25) is 4.55 Å². The van der Waals surface area contributed by atoms with E-state index < -0.39 is 39.9 Å². The molecule has 0 spiro atoms. The number of esters is 1. The Hall–Kier alpha value is -2.11. The molecule has 23 heavy (non-hydrogen) atoms. The van der Waals surface area contributed by atoms with Crippen LogP contribution < -0.4 is 4.74 Å². The molecule has 126 valence electrons. The average Bonchev–Trinajstić information content (AvgIpc) is 2.48. The Morgan fingerprint density at radius 3 is 2.65 bits per heavy atom. The normalized spacial score (nSPS) is 13.7. The van der Waals surface area contributed by atoms with Gasteiger partial charge in [0.05, 0.1) is 5.56 Å². The second-order valence-corrected chi connectivity index (χ2v) is 6.47. The predicted octanol–water partition coefficient (Wildman–Crippen LogP) is 2.05. The first-order chi connectivity index (χ1) is 10.6. The number of benzene rings is 1. The maximum atomic E-state index is 13.8. The number of hydrogen-bond acceptors (Lipinski definition) is 5. The third kappa shape index (κ3) is 5.88. The summed E-state index contributed by atoms with van der Waals surface area (Å²) in [7, 11) is -4.23. The Morgan fingerprint density at radius 2 is 2.13 bits per heavy atom. The molecular formula is C15H17FO6S. The molecule has 0 fully saturated rings. The first kappa shape index (κ1) is 18.9. The van der Waals surface area contributed by atoms with Gasteiger partial charge in [0.2, 0.25) is 0 Å². The summed E-state index contributed by atoms with van der Waals surface area (Å²) in [6.07, 6.45) is 5.77. The largest absolute Gasteiger partial charge is 0.472 e. The van der Waals surface area contributed by atoms with Crippen LogP contribution in [-0.4, -0.2) is 36.9 Å². The molecule has 0 radical (unpaired) electrons. The van der Waals surface area contributed by atoms with Crippen molar-refractivity contribution in [2.24, 2.45) is 0 Å². The quantitative estimate of drug-likeness (QED) is 0.462. The Balaban J connectivity index is 2.88. The van der Waals surface area contributed by atoms with Crippen LogP contribution in [0.2, 0.25) is 0 Å². The third-order valence-electron chi connectivity index (χ3n) is 3.06. The van der Waals surface area contributed by atoms with E-state index in [0.29, 0.717) is 6.42 Å². The number of hydrogen-bond donors (Lipinski definition) is 1. The molecule has 0 bridgehead atoms. The van der Waals surface area contributed by atoms with Crippen LogP contribution in [0.25, 0.3) is 0 Å². The summed E-state index contributed by atoms with van der Waals surface area (Å²) in [5.41, 5.74) is -1.07. The lowest BCUT2D eigenvalue weighted by Gasteiger charge is -2.24. The number of carbonyl (C=O) groups is 1. The highest BCUT2D eigenvalue weighted by molar-refractivity contribution is 7.85. The van der Waals surface area contributed by atoms with Gasteiger partial charge in [0.25, 0.3) is 10.1 Å². The summed E-state index contributed by atoms with van der Waals surface area (Å²) in [5, 5.41) is 0. The van der Waals surface area contributed by atoms with Crippen LogP contribution >= 0.6 is 0 Å². The smallest absolute Gasteiger partial charge is 0.338 e. The Bertz CT molecular complexity index is 722. The lowest BCUT2D eigenvalue weighted by Crippen LogP contribution is -2.29. The van der Waals surface area contributed by atoms with Crippen molar-refractivity contribution in [2.75, 3.05) is 12.4 Å². The van der Waals surface area contributed by atoms with Gasteiger partial charge >= 0.3 is 5.97 Å². The SMILES string of the molecule is C#CC(C)(CC)Oc1cc(C(=O)OCCS(=O)(=O)O)ccc1F. The highest BCUT2D eigenvalue weighted by Gasteiger charge is 2.23. The Morgan fingerprint density at radius 1 is 1.48 bits per heavy atom.